The first kappa shape index (κ1) is 24.8. The molecule has 0 saturated carbocycles. The molecule has 0 spiro atoms. The summed E-state index contributed by atoms with van der Waals surface area (Å²) in [7, 11) is 0. The lowest BCUT2D eigenvalue weighted by Gasteiger charge is -2.13. The number of carbonyl (C=O) groups is 2. The van der Waals surface area contributed by atoms with Crippen molar-refractivity contribution >= 4 is 34.9 Å². The lowest BCUT2D eigenvalue weighted by molar-refractivity contribution is -0.136. The smallest absolute Gasteiger partial charge is 0.418 e. The van der Waals surface area contributed by atoms with Crippen molar-refractivity contribution in [3.63, 3.8) is 0 Å². The standard InChI is InChI=1S/C22H19ClF3N3O3/c1-2-3-10-32-21(31)16-6-4-5-7-18(16)29-20(30)14(12-27)13-28-19-9-8-15(23)11-17(19)22(24,25)26/h4-9,11,13,28H,2-3,10H2,1H3,(H,29,30)/b14-13-. The lowest BCUT2D eigenvalue weighted by atomic mass is 10.1. The number of nitrogens with one attached hydrogen (secondary N) is 2. The van der Waals surface area contributed by atoms with Crippen LogP contribution in [0.4, 0.5) is 24.5 Å². The Balaban J connectivity index is 2.21. The van der Waals surface area contributed by atoms with Gasteiger partial charge in [0.05, 0.1) is 29.1 Å². The Labute approximate surface area is 187 Å². The fraction of sp³-hybridized carbons (Fsp3) is 0.227. The zero-order valence-electron chi connectivity index (χ0n) is 16.9. The zero-order chi connectivity index (χ0) is 23.7. The van der Waals surface area contributed by atoms with E-state index in [0.717, 1.165) is 24.8 Å². The number of alkyl halides is 3. The molecule has 168 valence electrons. The van der Waals surface area contributed by atoms with Crippen LogP contribution in [0.25, 0.3) is 0 Å². The third kappa shape index (κ3) is 6.75. The van der Waals surface area contributed by atoms with E-state index in [4.69, 9.17) is 16.3 Å². The van der Waals surface area contributed by atoms with Crippen molar-refractivity contribution < 1.29 is 27.5 Å². The van der Waals surface area contributed by atoms with Crippen molar-refractivity contribution in [3.8, 4) is 6.07 Å². The molecule has 1 amide bonds. The second kappa shape index (κ2) is 11.2. The van der Waals surface area contributed by atoms with Gasteiger partial charge in [-0.25, -0.2) is 4.79 Å². The molecule has 0 atom stereocenters. The highest BCUT2D eigenvalue weighted by atomic mass is 35.5. The van der Waals surface area contributed by atoms with E-state index in [0.29, 0.717) is 6.42 Å². The van der Waals surface area contributed by atoms with E-state index in [1.54, 1.807) is 18.2 Å². The zero-order valence-corrected chi connectivity index (χ0v) is 17.7. The number of nitriles is 1. The number of amides is 1. The van der Waals surface area contributed by atoms with Crippen LogP contribution in [0.1, 0.15) is 35.7 Å². The number of anilines is 2. The molecule has 0 heterocycles. The number of unbranched alkanes of at least 4 members (excludes halogenated alkanes) is 1. The molecule has 0 aliphatic heterocycles. The van der Waals surface area contributed by atoms with Crippen LogP contribution in [0.5, 0.6) is 0 Å². The fourth-order valence-electron chi connectivity index (χ4n) is 2.52. The average Bonchev–Trinajstić information content (AvgIpc) is 2.74. The molecule has 0 aliphatic rings. The molecule has 2 rings (SSSR count). The largest absolute Gasteiger partial charge is 0.462 e. The molecule has 10 heteroatoms. The number of hydrogen-bond acceptors (Lipinski definition) is 5. The van der Waals surface area contributed by atoms with E-state index in [-0.39, 0.29) is 28.6 Å². The van der Waals surface area contributed by atoms with Gasteiger partial charge in [0.15, 0.2) is 0 Å². The molecule has 0 unspecified atom stereocenters. The summed E-state index contributed by atoms with van der Waals surface area (Å²) in [5.74, 6) is -1.57. The molecule has 0 fully saturated rings. The van der Waals surface area contributed by atoms with Crippen LogP contribution >= 0.6 is 11.6 Å². The Kier molecular flexibility index (Phi) is 8.67. The summed E-state index contributed by atoms with van der Waals surface area (Å²) in [5, 5.41) is 13.9. The first-order valence-electron chi connectivity index (χ1n) is 9.48. The number of benzene rings is 2. The van der Waals surface area contributed by atoms with Crippen LogP contribution < -0.4 is 10.6 Å². The number of esters is 1. The molecule has 2 aromatic carbocycles. The Morgan fingerprint density at radius 2 is 1.91 bits per heavy atom. The SMILES string of the molecule is CCCCOC(=O)c1ccccc1NC(=O)/C(C#N)=C\Nc1ccc(Cl)cc1C(F)(F)F. The Morgan fingerprint density at radius 1 is 1.19 bits per heavy atom. The van der Waals surface area contributed by atoms with Crippen LogP contribution in [0, 0.1) is 11.3 Å². The molecular formula is C22H19ClF3N3O3. The highest BCUT2D eigenvalue weighted by Crippen LogP contribution is 2.36. The van der Waals surface area contributed by atoms with Gasteiger partial charge in [-0.3, -0.25) is 4.79 Å². The molecule has 2 N–H and O–H groups in total. The van der Waals surface area contributed by atoms with Crippen LogP contribution in [-0.4, -0.2) is 18.5 Å². The van der Waals surface area contributed by atoms with E-state index >= 15 is 0 Å². The number of carbonyl (C=O) groups excluding carboxylic acids is 2. The number of ether oxygens (including phenoxy) is 1. The minimum Gasteiger partial charge on any atom is -0.462 e. The van der Waals surface area contributed by atoms with Gasteiger partial charge in [0.2, 0.25) is 0 Å². The van der Waals surface area contributed by atoms with Gasteiger partial charge in [-0.1, -0.05) is 37.1 Å². The number of hydrogen-bond donors (Lipinski definition) is 2. The monoisotopic (exact) mass is 465 g/mol. The summed E-state index contributed by atoms with van der Waals surface area (Å²) < 4.78 is 44.8. The van der Waals surface area contributed by atoms with Gasteiger partial charge >= 0.3 is 12.1 Å². The number of rotatable bonds is 8. The van der Waals surface area contributed by atoms with Crippen molar-refractivity contribution in [1.29, 1.82) is 5.26 Å². The maximum absolute atomic E-state index is 13.2. The highest BCUT2D eigenvalue weighted by molar-refractivity contribution is 6.30. The minimum absolute atomic E-state index is 0.0826. The Morgan fingerprint density at radius 3 is 2.56 bits per heavy atom. The number of para-hydroxylation sites is 1. The molecule has 2 aromatic rings. The van der Waals surface area contributed by atoms with Crippen molar-refractivity contribution in [1.82, 2.24) is 0 Å². The quantitative estimate of drug-likeness (QED) is 0.223. The summed E-state index contributed by atoms with van der Waals surface area (Å²) in [5.41, 5.74) is -1.77. The van der Waals surface area contributed by atoms with Crippen molar-refractivity contribution in [2.45, 2.75) is 25.9 Å². The number of nitrogens with zero attached hydrogens (tertiary/aromatic N) is 1. The van der Waals surface area contributed by atoms with Crippen LogP contribution in [0.15, 0.2) is 54.2 Å². The van der Waals surface area contributed by atoms with E-state index < -0.39 is 29.2 Å². The molecule has 0 aromatic heterocycles. The molecule has 0 bridgehead atoms. The van der Waals surface area contributed by atoms with Gasteiger partial charge < -0.3 is 15.4 Å². The van der Waals surface area contributed by atoms with Gasteiger partial charge in [0.25, 0.3) is 5.91 Å². The van der Waals surface area contributed by atoms with Gasteiger partial charge in [-0.05, 0) is 36.8 Å². The summed E-state index contributed by atoms with van der Waals surface area (Å²) >= 11 is 5.64. The van der Waals surface area contributed by atoms with Crippen molar-refractivity contribution in [2.24, 2.45) is 0 Å². The molecular weight excluding hydrogens is 447 g/mol. The average molecular weight is 466 g/mol. The van der Waals surface area contributed by atoms with Gasteiger partial charge in [0.1, 0.15) is 11.6 Å². The normalized spacial score (nSPS) is 11.4. The van der Waals surface area contributed by atoms with Gasteiger partial charge in [-0.2, -0.15) is 18.4 Å². The van der Waals surface area contributed by atoms with Crippen LogP contribution in [0.3, 0.4) is 0 Å². The predicted molar refractivity (Wildman–Crippen MR) is 114 cm³/mol. The molecule has 0 radical (unpaired) electrons. The topological polar surface area (TPSA) is 91.2 Å². The third-order valence-corrected chi connectivity index (χ3v) is 4.39. The first-order chi connectivity index (χ1) is 15.2. The maximum atomic E-state index is 13.2. The summed E-state index contributed by atoms with van der Waals surface area (Å²) in [6, 6.07) is 10.7. The predicted octanol–water partition coefficient (Wildman–Crippen LogP) is 5.77. The summed E-state index contributed by atoms with van der Waals surface area (Å²) in [6.07, 6.45) is -2.35. The molecule has 32 heavy (non-hydrogen) atoms. The lowest BCUT2D eigenvalue weighted by Crippen LogP contribution is -2.18. The molecule has 0 saturated heterocycles. The highest BCUT2D eigenvalue weighted by Gasteiger charge is 2.33. The fourth-order valence-corrected chi connectivity index (χ4v) is 2.69. The van der Waals surface area contributed by atoms with E-state index in [1.807, 2.05) is 6.92 Å². The van der Waals surface area contributed by atoms with Crippen LogP contribution in [-0.2, 0) is 15.7 Å². The summed E-state index contributed by atoms with van der Waals surface area (Å²) in [4.78, 5) is 24.7. The molecule has 6 nitrogen and oxygen atoms in total. The Bertz CT molecular complexity index is 1060. The van der Waals surface area contributed by atoms with Crippen LogP contribution in [0.2, 0.25) is 5.02 Å². The second-order valence-corrected chi connectivity index (χ2v) is 6.93. The van der Waals surface area contributed by atoms with Crippen molar-refractivity contribution in [3.05, 3.63) is 70.4 Å². The van der Waals surface area contributed by atoms with E-state index in [9.17, 15) is 28.0 Å². The maximum Gasteiger partial charge on any atom is 0.418 e. The van der Waals surface area contributed by atoms with Gasteiger partial charge in [-0.15, -0.1) is 0 Å². The summed E-state index contributed by atoms with van der Waals surface area (Å²) in [6.45, 7) is 2.15. The van der Waals surface area contributed by atoms with E-state index in [1.165, 1.54) is 18.2 Å². The van der Waals surface area contributed by atoms with Gasteiger partial charge in [0, 0.05) is 11.2 Å². The Hall–Kier alpha value is -3.51. The first-order valence-corrected chi connectivity index (χ1v) is 9.86. The second-order valence-electron chi connectivity index (χ2n) is 6.49. The molecule has 0 aliphatic carbocycles. The minimum atomic E-state index is -4.70. The third-order valence-electron chi connectivity index (χ3n) is 4.15. The van der Waals surface area contributed by atoms with Crippen molar-refractivity contribution in [2.75, 3.05) is 17.2 Å². The number of halogens is 4. The van der Waals surface area contributed by atoms with E-state index in [2.05, 4.69) is 10.6 Å².